The minimum Gasteiger partial charge on any atom is -0.492 e. The molecule has 142 valence electrons. The van der Waals surface area contributed by atoms with Crippen molar-refractivity contribution in [2.45, 2.75) is 26.4 Å². The van der Waals surface area contributed by atoms with Crippen LogP contribution < -0.4 is 9.47 Å². The van der Waals surface area contributed by atoms with E-state index in [2.05, 4.69) is 6.58 Å². The number of allylic oxidation sites excluding steroid dienone is 1. The summed E-state index contributed by atoms with van der Waals surface area (Å²) in [4.78, 5) is 13.7. The van der Waals surface area contributed by atoms with E-state index < -0.39 is 5.60 Å². The van der Waals surface area contributed by atoms with Crippen molar-refractivity contribution in [1.82, 2.24) is 4.90 Å². The number of furan rings is 1. The van der Waals surface area contributed by atoms with Crippen LogP contribution in [0.2, 0.25) is 0 Å². The zero-order chi connectivity index (χ0) is 19.2. The highest BCUT2D eigenvalue weighted by Crippen LogP contribution is 2.41. The Kier molecular flexibility index (Phi) is 4.13. The largest absolute Gasteiger partial charge is 0.492 e. The van der Waals surface area contributed by atoms with Gasteiger partial charge in [-0.2, -0.15) is 0 Å². The van der Waals surface area contributed by atoms with Gasteiger partial charge in [0.2, 0.25) is 0 Å². The number of benzene rings is 1. The van der Waals surface area contributed by atoms with Gasteiger partial charge >= 0.3 is 6.09 Å². The number of likely N-dealkylation sites (tertiary alicyclic amines) is 1. The number of rotatable bonds is 3. The van der Waals surface area contributed by atoms with Gasteiger partial charge in [0.05, 0.1) is 23.8 Å². The minimum absolute atomic E-state index is 0.263. The maximum atomic E-state index is 12.0. The zero-order valence-corrected chi connectivity index (χ0v) is 15.8. The smallest absolute Gasteiger partial charge is 0.410 e. The second-order valence-electron chi connectivity index (χ2n) is 7.91. The molecule has 1 amide bonds. The van der Waals surface area contributed by atoms with Crippen molar-refractivity contribution in [1.29, 1.82) is 0 Å². The van der Waals surface area contributed by atoms with Gasteiger partial charge in [0.25, 0.3) is 0 Å². The molecule has 1 aromatic heterocycles. The molecule has 0 spiro atoms. The summed E-state index contributed by atoms with van der Waals surface area (Å²) in [6.07, 6.45) is 5.11. The first-order chi connectivity index (χ1) is 12.8. The summed E-state index contributed by atoms with van der Waals surface area (Å²) in [6.45, 7) is 11.2. The molecule has 2 aliphatic heterocycles. The first kappa shape index (κ1) is 17.5. The Bertz CT molecular complexity index is 928. The maximum absolute atomic E-state index is 12.0. The molecule has 27 heavy (non-hydrogen) atoms. The molecule has 1 aromatic carbocycles. The van der Waals surface area contributed by atoms with Crippen molar-refractivity contribution < 1.29 is 23.4 Å². The second-order valence-corrected chi connectivity index (χ2v) is 7.91. The molecule has 3 heterocycles. The fourth-order valence-electron chi connectivity index (χ4n) is 3.18. The van der Waals surface area contributed by atoms with Gasteiger partial charge in [0, 0.05) is 25.1 Å². The zero-order valence-electron chi connectivity index (χ0n) is 15.8. The number of nitrogens with zero attached hydrogens (tertiary/aromatic N) is 1. The van der Waals surface area contributed by atoms with Crippen LogP contribution >= 0.6 is 0 Å². The van der Waals surface area contributed by atoms with Crippen molar-refractivity contribution in [3.8, 4) is 11.5 Å². The second kappa shape index (κ2) is 6.37. The van der Waals surface area contributed by atoms with Crippen molar-refractivity contribution in [2.24, 2.45) is 5.92 Å². The molecule has 0 bridgehead atoms. The van der Waals surface area contributed by atoms with Gasteiger partial charge in [-0.1, -0.05) is 6.58 Å². The predicted octanol–water partition coefficient (Wildman–Crippen LogP) is 4.60. The molecule has 2 aliphatic rings. The lowest BCUT2D eigenvalue weighted by molar-refractivity contribution is -0.00774. The Morgan fingerprint density at radius 3 is 2.85 bits per heavy atom. The molecule has 2 aromatic rings. The minimum atomic E-state index is -0.481. The number of carbonyl (C=O) groups is 1. The number of ether oxygens (including phenoxy) is 3. The highest BCUT2D eigenvalue weighted by Gasteiger charge is 2.34. The summed E-state index contributed by atoms with van der Waals surface area (Å²) in [7, 11) is 0. The van der Waals surface area contributed by atoms with Crippen LogP contribution in [-0.4, -0.2) is 36.3 Å². The highest BCUT2D eigenvalue weighted by atomic mass is 16.6. The molecule has 0 atom stereocenters. The molecule has 0 aliphatic carbocycles. The van der Waals surface area contributed by atoms with Gasteiger partial charge < -0.3 is 23.5 Å². The maximum Gasteiger partial charge on any atom is 0.410 e. The number of hydrogen-bond acceptors (Lipinski definition) is 5. The van der Waals surface area contributed by atoms with Crippen LogP contribution in [0.25, 0.3) is 17.0 Å². The summed E-state index contributed by atoms with van der Waals surface area (Å²) >= 11 is 0. The summed E-state index contributed by atoms with van der Waals surface area (Å²) in [5, 5.41) is 0.901. The van der Waals surface area contributed by atoms with E-state index in [4.69, 9.17) is 18.6 Å². The monoisotopic (exact) mass is 369 g/mol. The molecule has 1 fully saturated rings. The first-order valence-electron chi connectivity index (χ1n) is 9.00. The lowest BCUT2D eigenvalue weighted by atomic mass is 10.0. The van der Waals surface area contributed by atoms with Crippen molar-refractivity contribution >= 4 is 23.1 Å². The molecular weight excluding hydrogens is 346 g/mol. The Morgan fingerprint density at radius 1 is 1.33 bits per heavy atom. The van der Waals surface area contributed by atoms with Gasteiger partial charge in [-0.05, 0) is 39.0 Å². The molecular formula is C21H23NO5. The first-order valence-corrected chi connectivity index (χ1v) is 9.00. The van der Waals surface area contributed by atoms with E-state index in [1.165, 1.54) is 0 Å². The van der Waals surface area contributed by atoms with Crippen LogP contribution in [0.3, 0.4) is 0 Å². The van der Waals surface area contributed by atoms with Crippen LogP contribution in [-0.2, 0) is 4.74 Å². The molecule has 6 nitrogen and oxygen atoms in total. The number of fused-ring (bicyclic) bond motifs is 2. The topological polar surface area (TPSA) is 61.1 Å². The average Bonchev–Trinajstić information content (AvgIpc) is 2.98. The SMILES string of the molecule is C=C1C=Cc2c(cc3occc3c2OCC2CN(C(=O)OC(C)(C)C)C2)O1. The van der Waals surface area contributed by atoms with Gasteiger partial charge in [0.1, 0.15) is 28.4 Å². The lowest BCUT2D eigenvalue weighted by Crippen LogP contribution is -2.53. The van der Waals surface area contributed by atoms with E-state index in [-0.39, 0.29) is 12.0 Å². The number of hydrogen-bond donors (Lipinski definition) is 0. The van der Waals surface area contributed by atoms with Crippen molar-refractivity contribution in [3.63, 3.8) is 0 Å². The third kappa shape index (κ3) is 3.52. The van der Waals surface area contributed by atoms with E-state index in [0.717, 1.165) is 16.7 Å². The van der Waals surface area contributed by atoms with Crippen molar-refractivity contribution in [2.75, 3.05) is 19.7 Å². The van der Waals surface area contributed by atoms with Gasteiger partial charge in [0.15, 0.2) is 0 Å². The van der Waals surface area contributed by atoms with Crippen LogP contribution in [0.1, 0.15) is 26.3 Å². The van der Waals surface area contributed by atoms with Crippen LogP contribution in [0, 0.1) is 5.92 Å². The third-order valence-corrected chi connectivity index (χ3v) is 4.46. The van der Waals surface area contributed by atoms with Crippen LogP contribution in [0.4, 0.5) is 4.79 Å². The lowest BCUT2D eigenvalue weighted by Gasteiger charge is -2.39. The van der Waals surface area contributed by atoms with E-state index in [9.17, 15) is 4.79 Å². The fourth-order valence-corrected chi connectivity index (χ4v) is 3.18. The summed E-state index contributed by atoms with van der Waals surface area (Å²) < 4.78 is 22.7. The Hall–Kier alpha value is -2.89. The quantitative estimate of drug-likeness (QED) is 0.791. The Morgan fingerprint density at radius 2 is 2.11 bits per heavy atom. The van der Waals surface area contributed by atoms with Gasteiger partial charge in [-0.3, -0.25) is 0 Å². The molecule has 0 saturated carbocycles. The number of carbonyl (C=O) groups excluding carboxylic acids is 1. The predicted molar refractivity (Wildman–Crippen MR) is 102 cm³/mol. The highest BCUT2D eigenvalue weighted by molar-refractivity contribution is 5.91. The van der Waals surface area contributed by atoms with Crippen molar-refractivity contribution in [3.05, 3.63) is 42.4 Å². The molecule has 0 unspecified atom stereocenters. The summed E-state index contributed by atoms with van der Waals surface area (Å²) in [6, 6.07) is 3.73. The fraction of sp³-hybridized carbons (Fsp3) is 0.381. The van der Waals surface area contributed by atoms with Crippen LogP contribution in [0.15, 0.2) is 41.2 Å². The molecule has 0 N–H and O–H groups in total. The molecule has 4 rings (SSSR count). The summed E-state index contributed by atoms with van der Waals surface area (Å²) in [5.74, 6) is 2.24. The van der Waals surface area contributed by atoms with Gasteiger partial charge in [-0.15, -0.1) is 0 Å². The molecule has 0 radical (unpaired) electrons. The molecule has 6 heteroatoms. The van der Waals surface area contributed by atoms with E-state index in [1.54, 1.807) is 11.2 Å². The van der Waals surface area contributed by atoms with E-state index >= 15 is 0 Å². The molecule has 1 saturated heterocycles. The Labute approximate surface area is 158 Å². The normalized spacial score (nSPS) is 16.7. The Balaban J connectivity index is 1.44. The summed E-state index contributed by atoms with van der Waals surface area (Å²) in [5.41, 5.74) is 1.10. The van der Waals surface area contributed by atoms with Gasteiger partial charge in [-0.25, -0.2) is 4.79 Å². The number of amides is 1. The van der Waals surface area contributed by atoms with Crippen LogP contribution in [0.5, 0.6) is 11.5 Å². The standard InChI is InChI=1S/C21H23NO5/c1-13-5-6-15-18(26-13)9-17-16(7-8-24-17)19(15)25-12-14-10-22(11-14)20(23)27-21(2,3)4/h5-9,14H,1,10-12H2,2-4H3. The third-order valence-electron chi connectivity index (χ3n) is 4.46. The van der Waals surface area contributed by atoms with E-state index in [1.807, 2.05) is 45.1 Å². The van der Waals surface area contributed by atoms with E-state index in [0.29, 0.717) is 36.8 Å². The average molecular weight is 369 g/mol.